The topological polar surface area (TPSA) is 101 Å². The number of hydrogen-bond acceptors (Lipinski definition) is 5. The lowest BCUT2D eigenvalue weighted by atomic mass is 10.1. The number of hydrogen-bond donors (Lipinski definition) is 1. The number of aromatic nitrogens is 2. The molecule has 3 heterocycles. The number of aryl methyl sites for hydroxylation is 2. The first kappa shape index (κ1) is 21.8. The van der Waals surface area contributed by atoms with E-state index in [0.29, 0.717) is 11.4 Å². The van der Waals surface area contributed by atoms with Gasteiger partial charge in [-0.25, -0.2) is 13.4 Å². The third-order valence-corrected chi connectivity index (χ3v) is 7.23. The van der Waals surface area contributed by atoms with Gasteiger partial charge in [-0.05, 0) is 67.4 Å². The van der Waals surface area contributed by atoms with Gasteiger partial charge in [0.25, 0.3) is 10.0 Å². The van der Waals surface area contributed by atoms with Gasteiger partial charge in [0.1, 0.15) is 5.65 Å². The molecular weight excluding hydrogens is 452 g/mol. The van der Waals surface area contributed by atoms with Gasteiger partial charge in [-0.2, -0.15) is 0 Å². The SMILES string of the molecule is Cc1ccn2cc(-c3ccc(C)c(NS(=O)(=O)c4ccc(N5C(=O)CCC5=O)cc4)c3)nc2c1. The van der Waals surface area contributed by atoms with Crippen LogP contribution in [0.4, 0.5) is 11.4 Å². The third-order valence-electron chi connectivity index (χ3n) is 5.85. The lowest BCUT2D eigenvalue weighted by molar-refractivity contribution is -0.121. The van der Waals surface area contributed by atoms with Gasteiger partial charge in [0.05, 0.1) is 22.0 Å². The first-order valence-corrected chi connectivity index (χ1v) is 12.2. The fraction of sp³-hybridized carbons (Fsp3) is 0.160. The van der Waals surface area contributed by atoms with Crippen LogP contribution >= 0.6 is 0 Å². The highest BCUT2D eigenvalue weighted by atomic mass is 32.2. The standard InChI is InChI=1S/C25H22N4O4S/c1-16-11-12-28-15-22(26-23(28)13-16)18-4-3-17(2)21(14-18)27-34(32,33)20-7-5-19(6-8-20)29-24(30)9-10-25(29)31/h3-8,11-15,27H,9-10H2,1-2H3. The summed E-state index contributed by atoms with van der Waals surface area (Å²) in [7, 11) is -3.90. The number of rotatable bonds is 5. The third kappa shape index (κ3) is 3.94. The lowest BCUT2D eigenvalue weighted by Gasteiger charge is -2.15. The van der Waals surface area contributed by atoms with E-state index in [4.69, 9.17) is 0 Å². The van der Waals surface area contributed by atoms with Gasteiger partial charge < -0.3 is 4.40 Å². The molecular formula is C25H22N4O4S. The number of benzene rings is 2. The first-order chi connectivity index (χ1) is 16.2. The van der Waals surface area contributed by atoms with Crippen LogP contribution in [0.3, 0.4) is 0 Å². The molecule has 9 heteroatoms. The number of anilines is 2. The molecule has 5 rings (SSSR count). The zero-order valence-corrected chi connectivity index (χ0v) is 19.5. The maximum Gasteiger partial charge on any atom is 0.261 e. The second-order valence-electron chi connectivity index (χ2n) is 8.35. The Hall–Kier alpha value is -3.98. The van der Waals surface area contributed by atoms with Gasteiger partial charge in [-0.15, -0.1) is 0 Å². The number of amides is 2. The summed E-state index contributed by atoms with van der Waals surface area (Å²) in [4.78, 5) is 29.6. The van der Waals surface area contributed by atoms with Crippen LogP contribution in [0.1, 0.15) is 24.0 Å². The summed E-state index contributed by atoms with van der Waals surface area (Å²) in [5, 5.41) is 0. The Morgan fingerprint density at radius 1 is 0.912 bits per heavy atom. The van der Waals surface area contributed by atoms with Gasteiger partial charge in [0, 0.05) is 30.8 Å². The summed E-state index contributed by atoms with van der Waals surface area (Å²) < 4.78 is 30.7. The van der Waals surface area contributed by atoms with Gasteiger partial charge in [0.2, 0.25) is 11.8 Å². The summed E-state index contributed by atoms with van der Waals surface area (Å²) >= 11 is 0. The number of nitrogens with zero attached hydrogens (tertiary/aromatic N) is 3. The Labute approximate surface area is 196 Å². The second kappa shape index (κ2) is 8.11. The van der Waals surface area contributed by atoms with Crippen LogP contribution in [-0.2, 0) is 19.6 Å². The number of sulfonamides is 1. The van der Waals surface area contributed by atoms with E-state index < -0.39 is 10.0 Å². The van der Waals surface area contributed by atoms with E-state index in [0.717, 1.165) is 32.9 Å². The molecule has 1 N–H and O–H groups in total. The molecule has 2 amide bonds. The largest absolute Gasteiger partial charge is 0.306 e. The molecule has 0 radical (unpaired) electrons. The smallest absolute Gasteiger partial charge is 0.261 e. The minimum atomic E-state index is -3.90. The minimum Gasteiger partial charge on any atom is -0.306 e. The van der Waals surface area contributed by atoms with Gasteiger partial charge in [-0.1, -0.05) is 12.1 Å². The number of fused-ring (bicyclic) bond motifs is 1. The summed E-state index contributed by atoms with van der Waals surface area (Å²) in [6, 6.07) is 15.2. The molecule has 4 aromatic rings. The average molecular weight is 475 g/mol. The van der Waals surface area contributed by atoms with Crippen LogP contribution in [0.5, 0.6) is 0 Å². The molecule has 8 nitrogen and oxygen atoms in total. The van der Waals surface area contributed by atoms with E-state index in [2.05, 4.69) is 9.71 Å². The van der Waals surface area contributed by atoms with Crippen LogP contribution in [0.2, 0.25) is 0 Å². The van der Waals surface area contributed by atoms with Gasteiger partial charge in [0.15, 0.2) is 0 Å². The van der Waals surface area contributed by atoms with Crippen molar-refractivity contribution in [1.29, 1.82) is 0 Å². The molecule has 0 unspecified atom stereocenters. The molecule has 1 aliphatic rings. The number of imidazole rings is 1. The van der Waals surface area contributed by atoms with Crippen LogP contribution in [-0.4, -0.2) is 29.6 Å². The number of pyridine rings is 1. The van der Waals surface area contributed by atoms with Crippen molar-refractivity contribution in [1.82, 2.24) is 9.38 Å². The number of nitrogens with one attached hydrogen (secondary N) is 1. The molecule has 2 aromatic heterocycles. The summed E-state index contributed by atoms with van der Waals surface area (Å²) in [6.07, 6.45) is 4.17. The zero-order chi connectivity index (χ0) is 24.0. The Kier molecular flexibility index (Phi) is 5.21. The lowest BCUT2D eigenvalue weighted by Crippen LogP contribution is -2.28. The van der Waals surface area contributed by atoms with E-state index in [1.165, 1.54) is 24.3 Å². The molecule has 0 atom stereocenters. The van der Waals surface area contributed by atoms with E-state index in [1.54, 1.807) is 6.07 Å². The van der Waals surface area contributed by atoms with Crippen molar-refractivity contribution < 1.29 is 18.0 Å². The van der Waals surface area contributed by atoms with Crippen molar-refractivity contribution in [3.63, 3.8) is 0 Å². The summed E-state index contributed by atoms with van der Waals surface area (Å²) in [5.41, 5.74) is 5.00. The van der Waals surface area contributed by atoms with Crippen molar-refractivity contribution in [2.24, 2.45) is 0 Å². The maximum absolute atomic E-state index is 13.1. The van der Waals surface area contributed by atoms with Crippen LogP contribution in [0.15, 0.2) is 71.9 Å². The van der Waals surface area contributed by atoms with Crippen molar-refractivity contribution in [2.45, 2.75) is 31.6 Å². The number of carbonyl (C=O) groups excluding carboxylic acids is 2. The van der Waals surface area contributed by atoms with E-state index in [-0.39, 0.29) is 29.6 Å². The van der Waals surface area contributed by atoms with Crippen LogP contribution in [0.25, 0.3) is 16.9 Å². The highest BCUT2D eigenvalue weighted by Gasteiger charge is 2.30. The molecule has 0 saturated carbocycles. The van der Waals surface area contributed by atoms with Crippen LogP contribution in [0, 0.1) is 13.8 Å². The van der Waals surface area contributed by atoms with Crippen LogP contribution < -0.4 is 9.62 Å². The number of carbonyl (C=O) groups is 2. The zero-order valence-electron chi connectivity index (χ0n) is 18.6. The Balaban J connectivity index is 1.43. The Morgan fingerprint density at radius 3 is 2.32 bits per heavy atom. The molecule has 0 spiro atoms. The summed E-state index contributed by atoms with van der Waals surface area (Å²) in [6.45, 7) is 3.82. The highest BCUT2D eigenvalue weighted by molar-refractivity contribution is 7.92. The van der Waals surface area contributed by atoms with E-state index in [1.807, 2.05) is 54.9 Å². The molecule has 1 fully saturated rings. The fourth-order valence-electron chi connectivity index (χ4n) is 3.96. The monoisotopic (exact) mass is 474 g/mol. The van der Waals surface area contributed by atoms with Crippen molar-refractivity contribution in [3.05, 3.63) is 78.1 Å². The van der Waals surface area contributed by atoms with Crippen molar-refractivity contribution in [3.8, 4) is 11.3 Å². The fourth-order valence-corrected chi connectivity index (χ4v) is 5.08. The first-order valence-electron chi connectivity index (χ1n) is 10.8. The van der Waals surface area contributed by atoms with Gasteiger partial charge >= 0.3 is 0 Å². The van der Waals surface area contributed by atoms with Crippen molar-refractivity contribution in [2.75, 3.05) is 9.62 Å². The quantitative estimate of drug-likeness (QED) is 0.440. The molecule has 34 heavy (non-hydrogen) atoms. The normalized spacial score (nSPS) is 14.2. The van der Waals surface area contributed by atoms with Gasteiger partial charge in [-0.3, -0.25) is 19.2 Å². The molecule has 1 aliphatic heterocycles. The predicted octanol–water partition coefficient (Wildman–Crippen LogP) is 4.07. The maximum atomic E-state index is 13.1. The molecule has 0 bridgehead atoms. The number of imide groups is 1. The highest BCUT2D eigenvalue weighted by Crippen LogP contribution is 2.29. The van der Waals surface area contributed by atoms with Crippen molar-refractivity contribution >= 4 is 38.9 Å². The second-order valence-corrected chi connectivity index (χ2v) is 10.0. The van der Waals surface area contributed by atoms with E-state index in [9.17, 15) is 18.0 Å². The molecule has 2 aromatic carbocycles. The summed E-state index contributed by atoms with van der Waals surface area (Å²) in [5.74, 6) is -0.568. The minimum absolute atomic E-state index is 0.0309. The molecule has 172 valence electrons. The Bertz CT molecular complexity index is 1540. The predicted molar refractivity (Wildman–Crippen MR) is 129 cm³/mol. The Morgan fingerprint density at radius 2 is 1.62 bits per heavy atom. The molecule has 1 saturated heterocycles. The van der Waals surface area contributed by atoms with E-state index >= 15 is 0 Å². The average Bonchev–Trinajstić information content (AvgIpc) is 3.37. The molecule has 0 aliphatic carbocycles.